The quantitative estimate of drug-likeness (QED) is 0.717. The number of esters is 1. The zero-order chi connectivity index (χ0) is 16.2. The molecule has 0 aromatic carbocycles. The van der Waals surface area contributed by atoms with E-state index >= 15 is 0 Å². The van der Waals surface area contributed by atoms with Gasteiger partial charge in [0.2, 0.25) is 5.88 Å². The van der Waals surface area contributed by atoms with Crippen LogP contribution in [-0.4, -0.2) is 33.4 Å². The molecule has 23 heavy (non-hydrogen) atoms. The van der Waals surface area contributed by atoms with Gasteiger partial charge >= 0.3 is 5.97 Å². The van der Waals surface area contributed by atoms with E-state index in [1.807, 2.05) is 0 Å². The summed E-state index contributed by atoms with van der Waals surface area (Å²) in [4.78, 5) is 15.3. The maximum absolute atomic E-state index is 12.9. The maximum atomic E-state index is 12.9. The van der Waals surface area contributed by atoms with Gasteiger partial charge in [-0.1, -0.05) is 5.16 Å². The molecule has 0 unspecified atom stereocenters. The number of methoxy groups -OCH3 is 1. The summed E-state index contributed by atoms with van der Waals surface area (Å²) < 4.78 is 27.8. The van der Waals surface area contributed by atoms with Gasteiger partial charge in [0.15, 0.2) is 0 Å². The molecule has 0 aliphatic carbocycles. The fourth-order valence-electron chi connectivity index (χ4n) is 1.83. The third-order valence-electron chi connectivity index (χ3n) is 2.95. The van der Waals surface area contributed by atoms with E-state index in [4.69, 9.17) is 9.26 Å². The Labute approximate surface area is 129 Å². The average molecular weight is 318 g/mol. The first-order chi connectivity index (χ1) is 11.2. The number of nitrogens with zero attached hydrogens (tertiary/aromatic N) is 3. The molecule has 0 radical (unpaired) electrons. The Morgan fingerprint density at radius 1 is 1.43 bits per heavy atom. The van der Waals surface area contributed by atoms with Gasteiger partial charge in [-0.3, -0.25) is 10.1 Å². The van der Waals surface area contributed by atoms with E-state index < -0.39 is 11.8 Å². The fourth-order valence-corrected chi connectivity index (χ4v) is 1.83. The molecule has 3 heterocycles. The van der Waals surface area contributed by atoms with E-state index in [0.29, 0.717) is 17.0 Å². The van der Waals surface area contributed by atoms with Crippen molar-refractivity contribution in [1.82, 2.24) is 20.3 Å². The molecular weight excluding hydrogens is 307 g/mol. The lowest BCUT2D eigenvalue weighted by atomic mass is 10.2. The molecule has 9 heteroatoms. The van der Waals surface area contributed by atoms with E-state index in [-0.39, 0.29) is 18.2 Å². The number of ether oxygens (including phenoxy) is 2. The predicted octanol–water partition coefficient (Wildman–Crippen LogP) is 1.96. The summed E-state index contributed by atoms with van der Waals surface area (Å²) in [5.74, 6) is -0.778. The molecule has 0 spiro atoms. The number of carbonyl (C=O) groups excluding carboxylic acids is 1. The Balaban J connectivity index is 1.72. The van der Waals surface area contributed by atoms with Crippen molar-refractivity contribution in [2.75, 3.05) is 7.11 Å². The number of pyridine rings is 1. The van der Waals surface area contributed by atoms with E-state index in [0.717, 1.165) is 6.20 Å². The second kappa shape index (κ2) is 6.26. The Hall–Kier alpha value is -3.23. The summed E-state index contributed by atoms with van der Waals surface area (Å²) in [5.41, 5.74) is 1.67. The van der Waals surface area contributed by atoms with E-state index in [2.05, 4.69) is 25.1 Å². The first kappa shape index (κ1) is 14.7. The van der Waals surface area contributed by atoms with Crippen LogP contribution in [0.3, 0.4) is 0 Å². The molecule has 0 aliphatic rings. The number of carbonyl (C=O) groups is 1. The molecule has 0 saturated heterocycles. The van der Waals surface area contributed by atoms with Crippen LogP contribution >= 0.6 is 0 Å². The van der Waals surface area contributed by atoms with E-state index in [1.165, 1.54) is 31.6 Å². The Kier molecular flexibility index (Phi) is 4.00. The highest BCUT2D eigenvalue weighted by molar-refractivity contribution is 5.87. The van der Waals surface area contributed by atoms with Gasteiger partial charge in [-0.05, 0) is 12.1 Å². The number of nitrogens with one attached hydrogen (secondary N) is 1. The first-order valence-corrected chi connectivity index (χ1v) is 6.49. The molecular formula is C14H11FN4O4. The van der Waals surface area contributed by atoms with Gasteiger partial charge in [0.25, 0.3) is 0 Å². The minimum Gasteiger partial charge on any atom is -0.472 e. The number of hydrogen-bond donors (Lipinski definition) is 1. The SMILES string of the molecule is COC(=O)c1cc(OCc2conc2-c2ccc(F)cn2)n[nH]1. The van der Waals surface area contributed by atoms with Gasteiger partial charge in [-0.25, -0.2) is 9.18 Å². The third kappa shape index (κ3) is 3.18. The molecule has 0 aliphatic heterocycles. The van der Waals surface area contributed by atoms with Crippen LogP contribution in [0.15, 0.2) is 35.2 Å². The summed E-state index contributed by atoms with van der Waals surface area (Å²) in [6, 6.07) is 4.17. The summed E-state index contributed by atoms with van der Waals surface area (Å²) in [5, 5.41) is 10.2. The molecule has 0 bridgehead atoms. The molecule has 1 N–H and O–H groups in total. The Morgan fingerprint density at radius 3 is 3.04 bits per heavy atom. The van der Waals surface area contributed by atoms with Crippen molar-refractivity contribution in [2.24, 2.45) is 0 Å². The summed E-state index contributed by atoms with van der Waals surface area (Å²) in [7, 11) is 1.27. The number of aromatic amines is 1. The van der Waals surface area contributed by atoms with Crippen molar-refractivity contribution in [1.29, 1.82) is 0 Å². The first-order valence-electron chi connectivity index (χ1n) is 6.49. The van der Waals surface area contributed by atoms with Crippen LogP contribution in [0.2, 0.25) is 0 Å². The van der Waals surface area contributed by atoms with Crippen LogP contribution in [0.4, 0.5) is 4.39 Å². The number of rotatable bonds is 5. The van der Waals surface area contributed by atoms with Gasteiger partial charge in [0.1, 0.15) is 30.1 Å². The van der Waals surface area contributed by atoms with Gasteiger partial charge < -0.3 is 14.0 Å². The average Bonchev–Trinajstić information content (AvgIpc) is 3.22. The molecule has 0 saturated carbocycles. The highest BCUT2D eigenvalue weighted by atomic mass is 19.1. The highest BCUT2D eigenvalue weighted by Crippen LogP contribution is 2.21. The molecule has 0 atom stereocenters. The minimum atomic E-state index is -0.548. The zero-order valence-corrected chi connectivity index (χ0v) is 11.9. The molecule has 8 nitrogen and oxygen atoms in total. The topological polar surface area (TPSA) is 103 Å². The van der Waals surface area contributed by atoms with Crippen molar-refractivity contribution < 1.29 is 23.2 Å². The standard InChI is InChI=1S/C14H11FN4O4/c1-21-14(20)11-4-12(18-17-11)22-6-8-7-23-19-13(8)10-3-2-9(15)5-16-10/h2-5,7H,6H2,1H3,(H,17,18). The monoisotopic (exact) mass is 318 g/mol. The predicted molar refractivity (Wildman–Crippen MR) is 74.0 cm³/mol. The Bertz CT molecular complexity index is 812. The van der Waals surface area contributed by atoms with E-state index in [9.17, 15) is 9.18 Å². The molecule has 118 valence electrons. The second-order valence-electron chi connectivity index (χ2n) is 4.45. The van der Waals surface area contributed by atoms with Crippen LogP contribution in [0.1, 0.15) is 16.1 Å². The van der Waals surface area contributed by atoms with Crippen LogP contribution in [0, 0.1) is 5.82 Å². The number of H-pyrrole nitrogens is 1. The summed E-state index contributed by atoms with van der Waals surface area (Å²) in [6.07, 6.45) is 2.49. The number of aromatic nitrogens is 4. The van der Waals surface area contributed by atoms with Crippen molar-refractivity contribution in [3.63, 3.8) is 0 Å². The summed E-state index contributed by atoms with van der Waals surface area (Å²) >= 11 is 0. The van der Waals surface area contributed by atoms with Crippen LogP contribution in [0.5, 0.6) is 5.88 Å². The largest absolute Gasteiger partial charge is 0.472 e. The number of hydrogen-bond acceptors (Lipinski definition) is 7. The molecule has 0 fully saturated rings. The lowest BCUT2D eigenvalue weighted by Crippen LogP contribution is -2.00. The maximum Gasteiger partial charge on any atom is 0.356 e. The highest BCUT2D eigenvalue weighted by Gasteiger charge is 2.14. The van der Waals surface area contributed by atoms with Gasteiger partial charge in [0.05, 0.1) is 24.6 Å². The normalized spacial score (nSPS) is 10.5. The second-order valence-corrected chi connectivity index (χ2v) is 4.45. The fraction of sp³-hybridized carbons (Fsp3) is 0.143. The van der Waals surface area contributed by atoms with Crippen molar-refractivity contribution in [3.05, 3.63) is 47.7 Å². The molecule has 0 amide bonds. The van der Waals surface area contributed by atoms with Gasteiger partial charge in [-0.15, -0.1) is 5.10 Å². The molecule has 3 aromatic rings. The molecule has 3 rings (SSSR count). The Morgan fingerprint density at radius 2 is 2.30 bits per heavy atom. The van der Waals surface area contributed by atoms with Crippen molar-refractivity contribution >= 4 is 5.97 Å². The van der Waals surface area contributed by atoms with Crippen LogP contribution < -0.4 is 4.74 Å². The molecule has 3 aromatic heterocycles. The zero-order valence-electron chi connectivity index (χ0n) is 11.9. The van der Waals surface area contributed by atoms with Crippen molar-refractivity contribution in [2.45, 2.75) is 6.61 Å². The van der Waals surface area contributed by atoms with Gasteiger partial charge in [0, 0.05) is 6.07 Å². The van der Waals surface area contributed by atoms with Gasteiger partial charge in [-0.2, -0.15) is 0 Å². The number of halogens is 1. The third-order valence-corrected chi connectivity index (χ3v) is 2.95. The summed E-state index contributed by atoms with van der Waals surface area (Å²) in [6.45, 7) is 0.0867. The van der Waals surface area contributed by atoms with Crippen molar-refractivity contribution in [3.8, 4) is 17.3 Å². The lowest BCUT2D eigenvalue weighted by Gasteiger charge is -2.02. The van der Waals surface area contributed by atoms with E-state index in [1.54, 1.807) is 0 Å². The lowest BCUT2D eigenvalue weighted by molar-refractivity contribution is 0.0594. The minimum absolute atomic E-state index is 0.0867. The smallest absolute Gasteiger partial charge is 0.356 e. The van der Waals surface area contributed by atoms with Crippen LogP contribution in [0.25, 0.3) is 11.4 Å². The van der Waals surface area contributed by atoms with Crippen LogP contribution in [-0.2, 0) is 11.3 Å².